The van der Waals surface area contributed by atoms with Gasteiger partial charge in [-0.2, -0.15) is 0 Å². The van der Waals surface area contributed by atoms with Gasteiger partial charge >= 0.3 is 0 Å². The van der Waals surface area contributed by atoms with Gasteiger partial charge < -0.3 is 9.84 Å². The molecule has 2 atom stereocenters. The molecule has 2 aromatic carbocycles. The van der Waals surface area contributed by atoms with Crippen LogP contribution in [-0.4, -0.2) is 46.8 Å². The Labute approximate surface area is 146 Å². The van der Waals surface area contributed by atoms with E-state index in [1.54, 1.807) is 6.26 Å². The molecule has 0 aliphatic rings. The van der Waals surface area contributed by atoms with Gasteiger partial charge in [0, 0.05) is 35.0 Å². The largest absolute Gasteiger partial charge is 0.491 e. The van der Waals surface area contributed by atoms with E-state index in [2.05, 4.69) is 0 Å². The fourth-order valence-electron chi connectivity index (χ4n) is 2.40. The smallest absolute Gasteiger partial charge is 0.119 e. The van der Waals surface area contributed by atoms with Crippen LogP contribution in [0.4, 0.5) is 0 Å². The van der Waals surface area contributed by atoms with Crippen LogP contribution in [0.3, 0.4) is 0 Å². The number of hydrogen-bond donors (Lipinski definition) is 1. The monoisotopic (exact) mass is 347 g/mol. The van der Waals surface area contributed by atoms with Crippen molar-refractivity contribution in [2.24, 2.45) is 0 Å². The minimum atomic E-state index is -0.952. The summed E-state index contributed by atoms with van der Waals surface area (Å²) in [6.45, 7) is 3.53. The molecule has 0 heterocycles. The molecule has 0 fully saturated rings. The lowest BCUT2D eigenvalue weighted by atomic mass is 10.2. The summed E-state index contributed by atoms with van der Waals surface area (Å²) in [4.78, 5) is 2.87. The summed E-state index contributed by atoms with van der Waals surface area (Å²) in [5.41, 5.74) is 2.30. The van der Waals surface area contributed by atoms with Crippen LogP contribution in [0.1, 0.15) is 11.1 Å². The fraction of sp³-hybridized carbons (Fsp3) is 0.368. The molecule has 0 spiro atoms. The Bertz CT molecular complexity index is 655. The summed E-state index contributed by atoms with van der Waals surface area (Å²) in [7, 11) is 1.01. The number of benzene rings is 2. The maximum absolute atomic E-state index is 11.4. The first-order chi connectivity index (χ1) is 11.4. The first kappa shape index (κ1) is 18.6. The molecule has 2 aromatic rings. The second-order valence-electron chi connectivity index (χ2n) is 6.07. The summed E-state index contributed by atoms with van der Waals surface area (Å²) < 4.78 is 17.0. The minimum Gasteiger partial charge on any atom is -0.491 e. The number of rotatable bonds is 8. The zero-order chi connectivity index (χ0) is 17.5. The second-order valence-corrected chi connectivity index (χ2v) is 7.45. The molecule has 5 heteroatoms. The Balaban J connectivity index is 1.77. The fourth-order valence-corrected chi connectivity index (χ4v) is 2.92. The van der Waals surface area contributed by atoms with Gasteiger partial charge in [-0.15, -0.1) is 0 Å². The quantitative estimate of drug-likeness (QED) is 0.797. The van der Waals surface area contributed by atoms with Crippen molar-refractivity contribution in [2.75, 3.05) is 26.5 Å². The SMILES string of the molecule is Cc1ccc(OCC(O)CN(C)Cc2ccc(S(C)=O)cc2)cc1. The molecule has 0 aromatic heterocycles. The number of likely N-dealkylation sites (N-methyl/N-ethyl adjacent to an activating group) is 1. The van der Waals surface area contributed by atoms with Gasteiger partial charge in [0.1, 0.15) is 18.5 Å². The van der Waals surface area contributed by atoms with E-state index < -0.39 is 16.9 Å². The molecule has 4 nitrogen and oxygen atoms in total. The highest BCUT2D eigenvalue weighted by Crippen LogP contribution is 2.12. The molecule has 2 rings (SSSR count). The van der Waals surface area contributed by atoms with Crippen LogP contribution in [0.15, 0.2) is 53.4 Å². The van der Waals surface area contributed by atoms with E-state index in [1.807, 2.05) is 67.4 Å². The second kappa shape index (κ2) is 8.97. The molecule has 2 unspecified atom stereocenters. The van der Waals surface area contributed by atoms with Crippen molar-refractivity contribution in [1.29, 1.82) is 0 Å². The van der Waals surface area contributed by atoms with Crippen LogP contribution in [0.2, 0.25) is 0 Å². The number of aryl methyl sites for hydroxylation is 1. The normalized spacial score (nSPS) is 13.7. The highest BCUT2D eigenvalue weighted by atomic mass is 32.2. The third kappa shape index (κ3) is 6.07. The zero-order valence-electron chi connectivity index (χ0n) is 14.4. The van der Waals surface area contributed by atoms with E-state index in [-0.39, 0.29) is 6.61 Å². The first-order valence-electron chi connectivity index (χ1n) is 7.92. The molecule has 0 bridgehead atoms. The van der Waals surface area contributed by atoms with E-state index in [9.17, 15) is 9.32 Å². The van der Waals surface area contributed by atoms with Crippen LogP contribution >= 0.6 is 0 Å². The van der Waals surface area contributed by atoms with Crippen LogP contribution in [0, 0.1) is 6.92 Å². The lowest BCUT2D eigenvalue weighted by Gasteiger charge is -2.21. The predicted octanol–water partition coefficient (Wildman–Crippen LogP) is 2.60. The zero-order valence-corrected chi connectivity index (χ0v) is 15.3. The van der Waals surface area contributed by atoms with E-state index in [0.717, 1.165) is 22.8 Å². The third-order valence-corrected chi connectivity index (χ3v) is 4.63. The lowest BCUT2D eigenvalue weighted by Crippen LogP contribution is -2.32. The average Bonchev–Trinajstić information content (AvgIpc) is 2.54. The molecule has 1 N–H and O–H groups in total. The molecular weight excluding hydrogens is 322 g/mol. The summed E-state index contributed by atoms with van der Waals surface area (Å²) in [5.74, 6) is 0.769. The summed E-state index contributed by atoms with van der Waals surface area (Å²) in [5, 5.41) is 10.1. The maximum atomic E-state index is 11.4. The van der Waals surface area contributed by atoms with Crippen molar-refractivity contribution in [3.63, 3.8) is 0 Å². The van der Waals surface area contributed by atoms with Gasteiger partial charge in [-0.25, -0.2) is 0 Å². The number of hydrogen-bond acceptors (Lipinski definition) is 4. The molecule has 0 amide bonds. The summed E-state index contributed by atoms with van der Waals surface area (Å²) in [6.07, 6.45) is 1.12. The molecule has 0 saturated heterocycles. The molecule has 130 valence electrons. The highest BCUT2D eigenvalue weighted by molar-refractivity contribution is 7.84. The van der Waals surface area contributed by atoms with Crippen LogP contribution in [0.25, 0.3) is 0 Å². The summed E-state index contributed by atoms with van der Waals surface area (Å²) in [6, 6.07) is 15.5. The number of ether oxygens (including phenoxy) is 1. The molecule has 0 radical (unpaired) electrons. The predicted molar refractivity (Wildman–Crippen MR) is 97.8 cm³/mol. The van der Waals surface area contributed by atoms with Crippen molar-refractivity contribution in [3.05, 3.63) is 59.7 Å². The molecule has 0 aliphatic heterocycles. The van der Waals surface area contributed by atoms with Crippen molar-refractivity contribution in [2.45, 2.75) is 24.5 Å². The van der Waals surface area contributed by atoms with Gasteiger partial charge in [-0.05, 0) is 43.8 Å². The number of aliphatic hydroxyl groups excluding tert-OH is 1. The first-order valence-corrected chi connectivity index (χ1v) is 9.48. The van der Waals surface area contributed by atoms with Gasteiger partial charge in [0.15, 0.2) is 0 Å². The maximum Gasteiger partial charge on any atom is 0.119 e. The van der Waals surface area contributed by atoms with Gasteiger partial charge in [0.2, 0.25) is 0 Å². The Morgan fingerprint density at radius 2 is 1.75 bits per heavy atom. The summed E-state index contributed by atoms with van der Waals surface area (Å²) >= 11 is 0. The van der Waals surface area contributed by atoms with E-state index in [1.165, 1.54) is 5.56 Å². The van der Waals surface area contributed by atoms with Crippen molar-refractivity contribution >= 4 is 10.8 Å². The van der Waals surface area contributed by atoms with Crippen LogP contribution in [0.5, 0.6) is 5.75 Å². The van der Waals surface area contributed by atoms with Gasteiger partial charge in [0.25, 0.3) is 0 Å². The number of nitrogens with zero attached hydrogens (tertiary/aromatic N) is 1. The average molecular weight is 347 g/mol. The lowest BCUT2D eigenvalue weighted by molar-refractivity contribution is 0.0744. The Kier molecular flexibility index (Phi) is 6.97. The number of aliphatic hydroxyl groups is 1. The van der Waals surface area contributed by atoms with E-state index >= 15 is 0 Å². The minimum absolute atomic E-state index is 0.265. The van der Waals surface area contributed by atoms with Gasteiger partial charge in [-0.3, -0.25) is 9.11 Å². The van der Waals surface area contributed by atoms with Crippen LogP contribution < -0.4 is 4.74 Å². The molecule has 24 heavy (non-hydrogen) atoms. The van der Waals surface area contributed by atoms with Crippen molar-refractivity contribution in [1.82, 2.24) is 4.90 Å². The standard InChI is InChI=1S/C19H25NO3S/c1-15-4-8-18(9-5-15)23-14-17(21)13-20(2)12-16-6-10-19(11-7-16)24(3)22/h4-11,17,21H,12-14H2,1-3H3. The Morgan fingerprint density at radius 3 is 2.33 bits per heavy atom. The van der Waals surface area contributed by atoms with E-state index in [4.69, 9.17) is 4.74 Å². The topological polar surface area (TPSA) is 49.8 Å². The Hall–Kier alpha value is -1.69. The highest BCUT2D eigenvalue weighted by Gasteiger charge is 2.10. The molecular formula is C19H25NO3S. The Morgan fingerprint density at radius 1 is 1.12 bits per heavy atom. The van der Waals surface area contributed by atoms with Crippen LogP contribution in [-0.2, 0) is 17.3 Å². The van der Waals surface area contributed by atoms with Gasteiger partial charge in [0.05, 0.1) is 0 Å². The third-order valence-electron chi connectivity index (χ3n) is 3.69. The van der Waals surface area contributed by atoms with Crippen molar-refractivity contribution in [3.8, 4) is 5.75 Å². The molecule has 0 aliphatic carbocycles. The van der Waals surface area contributed by atoms with Crippen molar-refractivity contribution < 1.29 is 14.1 Å². The van der Waals surface area contributed by atoms with Gasteiger partial charge in [-0.1, -0.05) is 29.8 Å². The van der Waals surface area contributed by atoms with E-state index in [0.29, 0.717) is 6.54 Å². The molecule has 0 saturated carbocycles.